The minimum absolute atomic E-state index is 1.13. The molecule has 0 atom stereocenters. The van der Waals surface area contributed by atoms with Crippen LogP contribution in [-0.4, -0.2) is 4.57 Å². The lowest BCUT2D eigenvalue weighted by Gasteiger charge is -2.18. The standard InChI is InChI=1S/C24H26BrN/c1-2-3-4-5-8-18-11-14-20(15-12-18)26-23-10-7-6-9-21(23)22-17-19(25)13-16-24(22)26/h6-7,9-11,13-14,16-17H,2-5,8,12,15H2,1H3. The van der Waals surface area contributed by atoms with E-state index in [2.05, 4.69) is 82.0 Å². The first-order valence-corrected chi connectivity index (χ1v) is 10.6. The van der Waals surface area contributed by atoms with Gasteiger partial charge in [0.25, 0.3) is 0 Å². The summed E-state index contributed by atoms with van der Waals surface area (Å²) in [6.45, 7) is 2.28. The van der Waals surface area contributed by atoms with Gasteiger partial charge in [0.1, 0.15) is 0 Å². The van der Waals surface area contributed by atoms with Crippen LogP contribution in [0.5, 0.6) is 0 Å². The van der Waals surface area contributed by atoms with E-state index < -0.39 is 0 Å². The topological polar surface area (TPSA) is 4.93 Å². The van der Waals surface area contributed by atoms with Gasteiger partial charge in [0.2, 0.25) is 0 Å². The number of benzene rings is 2. The Morgan fingerprint density at radius 1 is 0.885 bits per heavy atom. The highest BCUT2D eigenvalue weighted by Gasteiger charge is 2.15. The van der Waals surface area contributed by atoms with Gasteiger partial charge in [0.15, 0.2) is 0 Å². The van der Waals surface area contributed by atoms with Crippen molar-refractivity contribution < 1.29 is 0 Å². The Morgan fingerprint density at radius 2 is 1.73 bits per heavy atom. The van der Waals surface area contributed by atoms with Crippen LogP contribution in [0.25, 0.3) is 27.5 Å². The molecule has 2 aromatic carbocycles. The number of hydrogen-bond donors (Lipinski definition) is 0. The van der Waals surface area contributed by atoms with Crippen LogP contribution in [0.2, 0.25) is 0 Å². The average Bonchev–Trinajstić information content (AvgIpc) is 3.00. The molecule has 26 heavy (non-hydrogen) atoms. The van der Waals surface area contributed by atoms with Crippen LogP contribution in [0.3, 0.4) is 0 Å². The van der Waals surface area contributed by atoms with Crippen molar-refractivity contribution in [2.75, 3.05) is 0 Å². The maximum absolute atomic E-state index is 3.63. The second-order valence-electron chi connectivity index (χ2n) is 7.31. The van der Waals surface area contributed by atoms with E-state index in [-0.39, 0.29) is 0 Å². The monoisotopic (exact) mass is 407 g/mol. The van der Waals surface area contributed by atoms with Gasteiger partial charge in [-0.15, -0.1) is 0 Å². The quantitative estimate of drug-likeness (QED) is 0.363. The van der Waals surface area contributed by atoms with E-state index in [0.717, 1.165) is 10.9 Å². The predicted molar refractivity (Wildman–Crippen MR) is 117 cm³/mol. The second kappa shape index (κ2) is 7.84. The van der Waals surface area contributed by atoms with Gasteiger partial charge in [0.05, 0.1) is 11.0 Å². The zero-order valence-corrected chi connectivity index (χ0v) is 17.1. The van der Waals surface area contributed by atoms with Crippen molar-refractivity contribution in [2.45, 2.75) is 51.9 Å². The number of para-hydroxylation sites is 1. The van der Waals surface area contributed by atoms with E-state index in [1.54, 1.807) is 5.57 Å². The van der Waals surface area contributed by atoms with Crippen molar-refractivity contribution in [3.63, 3.8) is 0 Å². The van der Waals surface area contributed by atoms with Crippen molar-refractivity contribution in [1.29, 1.82) is 0 Å². The third kappa shape index (κ3) is 3.40. The predicted octanol–water partition coefficient (Wildman–Crippen LogP) is 8.09. The van der Waals surface area contributed by atoms with Crippen molar-refractivity contribution in [3.05, 3.63) is 64.7 Å². The van der Waals surface area contributed by atoms with Crippen LogP contribution >= 0.6 is 15.9 Å². The number of aromatic nitrogens is 1. The molecule has 0 saturated carbocycles. The van der Waals surface area contributed by atoms with Crippen molar-refractivity contribution in [3.8, 4) is 0 Å². The number of unbranched alkanes of at least 4 members (excludes halogenated alkanes) is 3. The van der Waals surface area contributed by atoms with Gasteiger partial charge in [-0.3, -0.25) is 0 Å². The molecule has 0 N–H and O–H groups in total. The van der Waals surface area contributed by atoms with Crippen molar-refractivity contribution >= 4 is 43.4 Å². The highest BCUT2D eigenvalue weighted by atomic mass is 79.9. The highest BCUT2D eigenvalue weighted by molar-refractivity contribution is 9.10. The lowest BCUT2D eigenvalue weighted by Crippen LogP contribution is -2.01. The molecule has 0 radical (unpaired) electrons. The lowest BCUT2D eigenvalue weighted by atomic mass is 9.97. The Hall–Kier alpha value is -1.80. The molecule has 1 heterocycles. The normalized spacial score (nSPS) is 14.7. The molecular formula is C24H26BrN. The molecule has 1 aliphatic rings. The Labute approximate surface area is 164 Å². The Bertz CT molecular complexity index is 990. The molecular weight excluding hydrogens is 382 g/mol. The Kier molecular flexibility index (Phi) is 5.31. The van der Waals surface area contributed by atoms with Crippen LogP contribution in [-0.2, 0) is 0 Å². The maximum atomic E-state index is 3.63. The molecule has 0 spiro atoms. The highest BCUT2D eigenvalue weighted by Crippen LogP contribution is 2.36. The molecule has 0 amide bonds. The van der Waals surface area contributed by atoms with Gasteiger partial charge in [-0.1, -0.05) is 72.0 Å². The van der Waals surface area contributed by atoms with Gasteiger partial charge in [-0.25, -0.2) is 0 Å². The summed E-state index contributed by atoms with van der Waals surface area (Å²) in [5.41, 5.74) is 5.65. The first-order chi connectivity index (χ1) is 12.8. The summed E-state index contributed by atoms with van der Waals surface area (Å²) in [7, 11) is 0. The third-order valence-corrected chi connectivity index (χ3v) is 5.98. The third-order valence-electron chi connectivity index (χ3n) is 5.49. The fraction of sp³-hybridized carbons (Fsp3) is 0.333. The Balaban J connectivity index is 1.70. The second-order valence-corrected chi connectivity index (χ2v) is 8.22. The number of hydrogen-bond acceptors (Lipinski definition) is 0. The van der Waals surface area contributed by atoms with Crippen molar-refractivity contribution in [1.82, 2.24) is 4.57 Å². The van der Waals surface area contributed by atoms with Gasteiger partial charge in [-0.05, 0) is 56.0 Å². The Morgan fingerprint density at radius 3 is 2.54 bits per heavy atom. The van der Waals surface area contributed by atoms with E-state index in [4.69, 9.17) is 0 Å². The van der Waals surface area contributed by atoms with E-state index in [1.165, 1.54) is 66.0 Å². The van der Waals surface area contributed by atoms with Crippen molar-refractivity contribution in [2.24, 2.45) is 0 Å². The largest absolute Gasteiger partial charge is 0.313 e. The molecule has 1 aromatic heterocycles. The van der Waals surface area contributed by atoms with Crippen LogP contribution in [0.15, 0.2) is 64.7 Å². The number of allylic oxidation sites excluding steroid dienone is 4. The van der Waals surface area contributed by atoms with E-state index in [9.17, 15) is 0 Å². The zero-order valence-electron chi connectivity index (χ0n) is 15.5. The van der Waals surface area contributed by atoms with Gasteiger partial charge >= 0.3 is 0 Å². The van der Waals surface area contributed by atoms with Crippen LogP contribution in [0, 0.1) is 0 Å². The number of nitrogens with zero attached hydrogens (tertiary/aromatic N) is 1. The minimum Gasteiger partial charge on any atom is -0.313 e. The van der Waals surface area contributed by atoms with Crippen LogP contribution < -0.4 is 0 Å². The lowest BCUT2D eigenvalue weighted by molar-refractivity contribution is 0.653. The molecule has 4 rings (SSSR count). The number of rotatable bonds is 6. The minimum atomic E-state index is 1.13. The van der Waals surface area contributed by atoms with Gasteiger partial charge in [-0.2, -0.15) is 0 Å². The summed E-state index contributed by atoms with van der Waals surface area (Å²) in [6, 6.07) is 15.4. The fourth-order valence-corrected chi connectivity index (χ4v) is 4.46. The molecule has 0 bridgehead atoms. The molecule has 2 heteroatoms. The molecule has 134 valence electrons. The van der Waals surface area contributed by atoms with E-state index in [0.29, 0.717) is 0 Å². The van der Waals surface area contributed by atoms with Crippen LogP contribution in [0.1, 0.15) is 51.9 Å². The van der Waals surface area contributed by atoms with Gasteiger partial charge < -0.3 is 4.57 Å². The summed E-state index contributed by atoms with van der Waals surface area (Å²) < 4.78 is 3.60. The van der Waals surface area contributed by atoms with Gasteiger partial charge in [0, 0.05) is 20.9 Å². The summed E-state index contributed by atoms with van der Waals surface area (Å²) >= 11 is 3.63. The fourth-order valence-electron chi connectivity index (χ4n) is 4.10. The number of fused-ring (bicyclic) bond motifs is 3. The average molecular weight is 408 g/mol. The van der Waals surface area contributed by atoms with E-state index >= 15 is 0 Å². The maximum Gasteiger partial charge on any atom is 0.0538 e. The van der Waals surface area contributed by atoms with Crippen LogP contribution in [0.4, 0.5) is 0 Å². The summed E-state index contributed by atoms with van der Waals surface area (Å²) in [4.78, 5) is 0. The molecule has 1 aliphatic carbocycles. The smallest absolute Gasteiger partial charge is 0.0538 e. The molecule has 1 nitrogen and oxygen atoms in total. The summed E-state index contributed by atoms with van der Waals surface area (Å²) in [5, 5.41) is 2.66. The number of halogens is 1. The molecule has 3 aromatic rings. The summed E-state index contributed by atoms with van der Waals surface area (Å²) in [6.07, 6.45) is 13.7. The first-order valence-electron chi connectivity index (χ1n) is 9.85. The zero-order chi connectivity index (χ0) is 17.9. The molecule has 0 fully saturated rings. The SMILES string of the molecule is CCCCCCC1=CC=C(n2c3ccccc3c3cc(Br)ccc32)CC1. The summed E-state index contributed by atoms with van der Waals surface area (Å²) in [5.74, 6) is 0. The van der Waals surface area contributed by atoms with E-state index in [1.807, 2.05) is 0 Å². The first kappa shape index (κ1) is 17.6. The molecule has 0 saturated heterocycles. The molecule has 0 aliphatic heterocycles. The molecule has 0 unspecified atom stereocenters.